The molecule has 0 bridgehead atoms. The van der Waals surface area contributed by atoms with Gasteiger partial charge in [-0.25, -0.2) is 0 Å². The summed E-state index contributed by atoms with van der Waals surface area (Å²) in [5.41, 5.74) is 0. The van der Waals surface area contributed by atoms with Crippen LogP contribution in [0.4, 0.5) is 0 Å². The molecule has 1 rings (SSSR count). The van der Waals surface area contributed by atoms with E-state index in [0.29, 0.717) is 24.8 Å². The number of nitrogens with zero attached hydrogens (tertiary/aromatic N) is 2. The van der Waals surface area contributed by atoms with Gasteiger partial charge in [-0.15, -0.1) is 12.3 Å². The van der Waals surface area contributed by atoms with Gasteiger partial charge < -0.3 is 10.2 Å². The fourth-order valence-electron chi connectivity index (χ4n) is 1.97. The zero-order valence-corrected chi connectivity index (χ0v) is 8.66. The second-order valence-electron chi connectivity index (χ2n) is 3.78. The molecule has 0 aliphatic carbocycles. The van der Waals surface area contributed by atoms with Crippen molar-refractivity contribution in [2.24, 2.45) is 5.92 Å². The topological polar surface area (TPSA) is 39.1 Å². The number of piperazine rings is 1. The highest BCUT2D eigenvalue weighted by atomic mass is 15.2. The van der Waals surface area contributed by atoms with Crippen molar-refractivity contribution in [3.05, 3.63) is 0 Å². The van der Waals surface area contributed by atoms with Crippen molar-refractivity contribution in [1.82, 2.24) is 10.2 Å². The monoisotopic (exact) mass is 191 g/mol. The van der Waals surface area contributed by atoms with E-state index in [4.69, 9.17) is 11.7 Å². The average molecular weight is 191 g/mol. The number of likely N-dealkylation sites (N-methyl/N-ethyl adjacent to an activating group) is 1. The molecule has 1 N–H and O–H groups in total. The van der Waals surface area contributed by atoms with Crippen LogP contribution >= 0.6 is 0 Å². The van der Waals surface area contributed by atoms with Crippen LogP contribution in [0, 0.1) is 29.6 Å². The summed E-state index contributed by atoms with van der Waals surface area (Å²) in [5, 5.41) is 12.1. The standard InChI is InChI=1S/C11H17N3/c1-3-4-10(5-6-12)11-9-13-7-8-14(11)2/h1,10-11,13H,4-5,7-9H2,2H3. The van der Waals surface area contributed by atoms with Crippen LogP contribution in [-0.2, 0) is 0 Å². The Hall–Kier alpha value is -1.03. The van der Waals surface area contributed by atoms with E-state index in [9.17, 15) is 0 Å². The fourth-order valence-corrected chi connectivity index (χ4v) is 1.97. The van der Waals surface area contributed by atoms with Crippen LogP contribution in [-0.4, -0.2) is 37.6 Å². The first-order valence-corrected chi connectivity index (χ1v) is 5.01. The maximum absolute atomic E-state index is 8.72. The van der Waals surface area contributed by atoms with Gasteiger partial charge in [0.15, 0.2) is 0 Å². The van der Waals surface area contributed by atoms with Gasteiger partial charge in [0.1, 0.15) is 0 Å². The van der Waals surface area contributed by atoms with E-state index in [0.717, 1.165) is 19.6 Å². The molecule has 2 atom stereocenters. The van der Waals surface area contributed by atoms with Crippen molar-refractivity contribution in [2.45, 2.75) is 18.9 Å². The summed E-state index contributed by atoms with van der Waals surface area (Å²) in [7, 11) is 2.10. The summed E-state index contributed by atoms with van der Waals surface area (Å²) in [6.45, 7) is 3.02. The number of rotatable bonds is 3. The second-order valence-corrected chi connectivity index (χ2v) is 3.78. The molecular formula is C11H17N3. The molecule has 2 unspecified atom stereocenters. The Morgan fingerprint density at radius 3 is 3.00 bits per heavy atom. The molecule has 0 aromatic carbocycles. The predicted molar refractivity (Wildman–Crippen MR) is 56.5 cm³/mol. The molecule has 1 saturated heterocycles. The van der Waals surface area contributed by atoms with Crippen LogP contribution in [0.2, 0.25) is 0 Å². The van der Waals surface area contributed by atoms with Gasteiger partial charge in [0.2, 0.25) is 0 Å². The average Bonchev–Trinajstić information content (AvgIpc) is 2.18. The van der Waals surface area contributed by atoms with Gasteiger partial charge in [-0.05, 0) is 13.0 Å². The fraction of sp³-hybridized carbons (Fsp3) is 0.727. The highest BCUT2D eigenvalue weighted by Crippen LogP contribution is 2.18. The summed E-state index contributed by atoms with van der Waals surface area (Å²) in [6, 6.07) is 2.64. The van der Waals surface area contributed by atoms with Crippen molar-refractivity contribution >= 4 is 0 Å². The Morgan fingerprint density at radius 2 is 2.43 bits per heavy atom. The quantitative estimate of drug-likeness (QED) is 0.658. The predicted octanol–water partition coefficient (Wildman–Crippen LogP) is 0.443. The van der Waals surface area contributed by atoms with E-state index in [1.165, 1.54) is 0 Å². The molecule has 1 heterocycles. The van der Waals surface area contributed by atoms with Crippen LogP contribution in [0.1, 0.15) is 12.8 Å². The number of hydrogen-bond acceptors (Lipinski definition) is 3. The minimum atomic E-state index is 0.308. The van der Waals surface area contributed by atoms with E-state index in [2.05, 4.69) is 29.3 Å². The largest absolute Gasteiger partial charge is 0.314 e. The Kier molecular flexibility index (Phi) is 4.46. The van der Waals surface area contributed by atoms with Gasteiger partial charge in [0.25, 0.3) is 0 Å². The number of terminal acetylenes is 1. The van der Waals surface area contributed by atoms with E-state index >= 15 is 0 Å². The molecule has 1 aliphatic rings. The molecule has 76 valence electrons. The van der Waals surface area contributed by atoms with Crippen molar-refractivity contribution in [2.75, 3.05) is 26.7 Å². The van der Waals surface area contributed by atoms with E-state index in [-0.39, 0.29) is 0 Å². The summed E-state index contributed by atoms with van der Waals surface area (Å²) in [6.07, 6.45) is 6.57. The third-order valence-electron chi connectivity index (χ3n) is 2.84. The minimum Gasteiger partial charge on any atom is -0.314 e. The van der Waals surface area contributed by atoms with Crippen molar-refractivity contribution in [3.8, 4) is 18.4 Å². The van der Waals surface area contributed by atoms with Crippen LogP contribution in [0.5, 0.6) is 0 Å². The Bertz CT molecular complexity index is 232. The zero-order chi connectivity index (χ0) is 10.4. The first-order chi connectivity index (χ1) is 6.79. The molecule has 0 aromatic heterocycles. The van der Waals surface area contributed by atoms with Gasteiger partial charge in [-0.1, -0.05) is 0 Å². The SMILES string of the molecule is C#CCC(CC#N)C1CNCCN1C. The summed E-state index contributed by atoms with van der Waals surface area (Å²) in [4.78, 5) is 2.30. The molecule has 0 amide bonds. The van der Waals surface area contributed by atoms with Gasteiger partial charge in [0.05, 0.1) is 6.07 Å². The number of hydrogen-bond donors (Lipinski definition) is 1. The molecular weight excluding hydrogens is 174 g/mol. The number of nitriles is 1. The Morgan fingerprint density at radius 1 is 1.64 bits per heavy atom. The van der Waals surface area contributed by atoms with E-state index < -0.39 is 0 Å². The van der Waals surface area contributed by atoms with Gasteiger partial charge in [-0.3, -0.25) is 0 Å². The molecule has 0 saturated carbocycles. The maximum Gasteiger partial charge on any atom is 0.0625 e. The maximum atomic E-state index is 8.72. The lowest BCUT2D eigenvalue weighted by molar-refractivity contribution is 0.145. The lowest BCUT2D eigenvalue weighted by Crippen LogP contribution is -2.52. The summed E-state index contributed by atoms with van der Waals surface area (Å²) < 4.78 is 0. The van der Waals surface area contributed by atoms with Crippen LogP contribution in [0.15, 0.2) is 0 Å². The molecule has 3 heteroatoms. The van der Waals surface area contributed by atoms with Crippen LogP contribution in [0.25, 0.3) is 0 Å². The molecule has 0 radical (unpaired) electrons. The van der Waals surface area contributed by atoms with Crippen molar-refractivity contribution in [1.29, 1.82) is 5.26 Å². The third kappa shape index (κ3) is 2.73. The summed E-state index contributed by atoms with van der Waals surface area (Å²) in [5.74, 6) is 2.97. The molecule has 0 spiro atoms. The number of nitrogens with one attached hydrogen (secondary N) is 1. The highest BCUT2D eigenvalue weighted by molar-refractivity contribution is 4.96. The molecule has 14 heavy (non-hydrogen) atoms. The Labute approximate surface area is 86.1 Å². The molecule has 1 aliphatic heterocycles. The molecule has 3 nitrogen and oxygen atoms in total. The highest BCUT2D eigenvalue weighted by Gasteiger charge is 2.26. The van der Waals surface area contributed by atoms with Crippen LogP contribution in [0.3, 0.4) is 0 Å². The second kappa shape index (κ2) is 5.65. The lowest BCUT2D eigenvalue weighted by atomic mass is 9.91. The smallest absolute Gasteiger partial charge is 0.0625 e. The molecule has 1 fully saturated rings. The van der Waals surface area contributed by atoms with E-state index in [1.807, 2.05) is 0 Å². The van der Waals surface area contributed by atoms with Gasteiger partial charge in [-0.2, -0.15) is 5.26 Å². The molecule has 0 aromatic rings. The normalized spacial score (nSPS) is 24.9. The van der Waals surface area contributed by atoms with E-state index in [1.54, 1.807) is 0 Å². The first-order valence-electron chi connectivity index (χ1n) is 5.01. The van der Waals surface area contributed by atoms with Gasteiger partial charge >= 0.3 is 0 Å². The first kappa shape index (κ1) is 11.0. The van der Waals surface area contributed by atoms with Crippen molar-refractivity contribution in [3.63, 3.8) is 0 Å². The minimum absolute atomic E-state index is 0.308. The van der Waals surface area contributed by atoms with Crippen LogP contribution < -0.4 is 5.32 Å². The summed E-state index contributed by atoms with van der Waals surface area (Å²) >= 11 is 0. The lowest BCUT2D eigenvalue weighted by Gasteiger charge is -2.37. The van der Waals surface area contributed by atoms with Gasteiger partial charge in [0, 0.05) is 38.5 Å². The van der Waals surface area contributed by atoms with Crippen molar-refractivity contribution < 1.29 is 0 Å². The Balaban J connectivity index is 2.57. The zero-order valence-electron chi connectivity index (χ0n) is 8.66. The third-order valence-corrected chi connectivity index (χ3v) is 2.84.